The molecule has 2 aromatic heterocycles. The van der Waals surface area contributed by atoms with Gasteiger partial charge in [0.15, 0.2) is 5.82 Å². The van der Waals surface area contributed by atoms with Gasteiger partial charge in [-0.25, -0.2) is 0 Å². The lowest BCUT2D eigenvalue weighted by atomic mass is 10.2. The summed E-state index contributed by atoms with van der Waals surface area (Å²) in [5.74, 6) is 2.05. The summed E-state index contributed by atoms with van der Waals surface area (Å²) in [5.41, 5.74) is 1.48. The molecule has 0 aliphatic carbocycles. The van der Waals surface area contributed by atoms with Crippen LogP contribution in [0.4, 0.5) is 0 Å². The quantitative estimate of drug-likeness (QED) is 0.235. The minimum Gasteiger partial charge on any atom is -0.494 e. The van der Waals surface area contributed by atoms with Crippen molar-refractivity contribution in [3.8, 4) is 22.9 Å². The van der Waals surface area contributed by atoms with Crippen LogP contribution in [0.1, 0.15) is 38.2 Å². The lowest BCUT2D eigenvalue weighted by Crippen LogP contribution is -2.23. The Morgan fingerprint density at radius 3 is 2.64 bits per heavy atom. The van der Waals surface area contributed by atoms with Crippen LogP contribution in [0.5, 0.6) is 11.5 Å². The van der Waals surface area contributed by atoms with Crippen LogP contribution in [0.2, 0.25) is 0 Å². The molecule has 6 nitrogen and oxygen atoms in total. The minimum absolute atomic E-state index is 0.195. The molecule has 0 radical (unpaired) electrons. The monoisotopic (exact) mass is 461 g/mol. The number of para-hydroxylation sites is 1. The predicted octanol–water partition coefficient (Wildman–Crippen LogP) is 4.89. The maximum absolute atomic E-state index is 12.9. The van der Waals surface area contributed by atoms with Gasteiger partial charge in [-0.2, -0.15) is 9.50 Å². The molecule has 7 heteroatoms. The third kappa shape index (κ3) is 5.49. The largest absolute Gasteiger partial charge is 0.494 e. The van der Waals surface area contributed by atoms with E-state index in [4.69, 9.17) is 9.47 Å². The van der Waals surface area contributed by atoms with Crippen molar-refractivity contribution < 1.29 is 9.47 Å². The van der Waals surface area contributed by atoms with E-state index in [0.29, 0.717) is 27.7 Å². The zero-order chi connectivity index (χ0) is 23.0. The van der Waals surface area contributed by atoms with Crippen LogP contribution < -0.4 is 19.6 Å². The molecule has 33 heavy (non-hydrogen) atoms. The van der Waals surface area contributed by atoms with Gasteiger partial charge in [-0.3, -0.25) is 4.79 Å². The molecule has 0 saturated carbocycles. The smallest absolute Gasteiger partial charge is 0.291 e. The van der Waals surface area contributed by atoms with Gasteiger partial charge in [-0.1, -0.05) is 68.4 Å². The predicted molar refractivity (Wildman–Crippen MR) is 133 cm³/mol. The molecule has 0 N–H and O–H groups in total. The van der Waals surface area contributed by atoms with E-state index in [1.54, 1.807) is 6.08 Å². The minimum atomic E-state index is -0.195. The number of ether oxygens (including phenoxy) is 2. The molecule has 0 aliphatic rings. The number of rotatable bonds is 11. The number of thiazole rings is 1. The van der Waals surface area contributed by atoms with Crippen molar-refractivity contribution in [3.05, 3.63) is 81.6 Å². The zero-order valence-electron chi connectivity index (χ0n) is 18.7. The standard InChI is InChI=1S/C26H27N3O3S/c1-3-5-6-9-17-31-21-14-12-19(13-15-21)24-27-26-29(28-24)25(30)23(33-26)18-20-10-7-8-11-22(20)32-16-4-2/h4,7-8,10-15,18H,2-3,5-6,9,16-17H2,1H3/b23-18+. The molecule has 4 rings (SSSR count). The first-order chi connectivity index (χ1) is 16.2. The Balaban J connectivity index is 1.52. The van der Waals surface area contributed by atoms with Gasteiger partial charge in [0.2, 0.25) is 4.96 Å². The molecule has 2 heterocycles. The van der Waals surface area contributed by atoms with Gasteiger partial charge >= 0.3 is 0 Å². The van der Waals surface area contributed by atoms with E-state index < -0.39 is 0 Å². The van der Waals surface area contributed by atoms with E-state index in [2.05, 4.69) is 23.6 Å². The average Bonchev–Trinajstić information content (AvgIpc) is 3.38. The van der Waals surface area contributed by atoms with E-state index >= 15 is 0 Å². The van der Waals surface area contributed by atoms with Gasteiger partial charge in [-0.15, -0.1) is 5.10 Å². The molecule has 4 aromatic rings. The molecule has 0 fully saturated rings. The van der Waals surface area contributed by atoms with Crippen molar-refractivity contribution >= 4 is 22.4 Å². The highest BCUT2D eigenvalue weighted by Gasteiger charge is 2.12. The number of nitrogens with zero attached hydrogens (tertiary/aromatic N) is 3. The Bertz CT molecular complexity index is 1330. The maximum atomic E-state index is 12.9. The molecule has 0 bridgehead atoms. The lowest BCUT2D eigenvalue weighted by molar-refractivity contribution is 0.305. The summed E-state index contributed by atoms with van der Waals surface area (Å²) in [6, 6.07) is 15.3. The van der Waals surface area contributed by atoms with Gasteiger partial charge in [0.05, 0.1) is 11.1 Å². The SMILES string of the molecule is C=CCOc1ccccc1/C=c1/sc2nc(-c3ccc(OCCCCCC)cc3)nn2c1=O. The molecule has 0 saturated heterocycles. The summed E-state index contributed by atoms with van der Waals surface area (Å²) in [7, 11) is 0. The van der Waals surface area contributed by atoms with Gasteiger partial charge in [0, 0.05) is 11.1 Å². The fourth-order valence-corrected chi connectivity index (χ4v) is 4.29. The summed E-state index contributed by atoms with van der Waals surface area (Å²) in [5, 5.41) is 4.44. The Kier molecular flexibility index (Phi) is 7.52. The highest BCUT2D eigenvalue weighted by Crippen LogP contribution is 2.21. The first kappa shape index (κ1) is 22.7. The fraction of sp³-hybridized carbons (Fsp3) is 0.269. The number of unbranched alkanes of at least 4 members (excludes halogenated alkanes) is 3. The van der Waals surface area contributed by atoms with Gasteiger partial charge in [0.25, 0.3) is 5.56 Å². The molecule has 0 amide bonds. The van der Waals surface area contributed by atoms with Crippen LogP contribution in [-0.4, -0.2) is 27.8 Å². The maximum Gasteiger partial charge on any atom is 0.291 e. The van der Waals surface area contributed by atoms with Gasteiger partial charge in [0.1, 0.15) is 18.1 Å². The molecular weight excluding hydrogens is 434 g/mol. The number of fused-ring (bicyclic) bond motifs is 1. The average molecular weight is 462 g/mol. The molecule has 0 unspecified atom stereocenters. The fourth-order valence-electron chi connectivity index (χ4n) is 3.40. The van der Waals surface area contributed by atoms with Gasteiger partial charge in [-0.05, 0) is 42.8 Å². The number of hydrogen-bond donors (Lipinski definition) is 0. The number of aromatic nitrogens is 3. The van der Waals surface area contributed by atoms with E-state index in [1.165, 1.54) is 35.1 Å². The van der Waals surface area contributed by atoms with E-state index in [1.807, 2.05) is 54.6 Å². The van der Waals surface area contributed by atoms with Gasteiger partial charge < -0.3 is 9.47 Å². The van der Waals surface area contributed by atoms with E-state index in [-0.39, 0.29) is 5.56 Å². The second-order valence-corrected chi connectivity index (χ2v) is 8.63. The third-order valence-corrected chi connectivity index (χ3v) is 6.08. The van der Waals surface area contributed by atoms with Crippen LogP contribution in [-0.2, 0) is 0 Å². The van der Waals surface area contributed by atoms with Crippen LogP contribution >= 0.6 is 11.3 Å². The Morgan fingerprint density at radius 1 is 1.06 bits per heavy atom. The summed E-state index contributed by atoms with van der Waals surface area (Å²) < 4.78 is 13.4. The molecule has 0 spiro atoms. The second kappa shape index (κ2) is 10.9. The first-order valence-corrected chi connectivity index (χ1v) is 12.0. The number of hydrogen-bond acceptors (Lipinski definition) is 6. The van der Waals surface area contributed by atoms with Crippen molar-refractivity contribution in [2.24, 2.45) is 0 Å². The Morgan fingerprint density at radius 2 is 1.88 bits per heavy atom. The normalized spacial score (nSPS) is 11.7. The molecule has 0 aliphatic heterocycles. The summed E-state index contributed by atoms with van der Waals surface area (Å²) >= 11 is 1.31. The van der Waals surface area contributed by atoms with E-state index in [0.717, 1.165) is 29.9 Å². The summed E-state index contributed by atoms with van der Waals surface area (Å²) in [6.45, 7) is 6.99. The third-order valence-electron chi connectivity index (χ3n) is 5.12. The van der Waals surface area contributed by atoms with Crippen molar-refractivity contribution in [1.29, 1.82) is 0 Å². The number of benzene rings is 2. The van der Waals surface area contributed by atoms with Crippen LogP contribution in [0.25, 0.3) is 22.4 Å². The molecular formula is C26H27N3O3S. The highest BCUT2D eigenvalue weighted by atomic mass is 32.1. The van der Waals surface area contributed by atoms with Crippen LogP contribution in [0.15, 0.2) is 66.0 Å². The van der Waals surface area contributed by atoms with Crippen molar-refractivity contribution in [1.82, 2.24) is 14.6 Å². The zero-order valence-corrected chi connectivity index (χ0v) is 19.5. The van der Waals surface area contributed by atoms with Crippen molar-refractivity contribution in [2.75, 3.05) is 13.2 Å². The Labute approximate surface area is 196 Å². The summed E-state index contributed by atoms with van der Waals surface area (Å²) in [4.78, 5) is 18.0. The van der Waals surface area contributed by atoms with E-state index in [9.17, 15) is 4.79 Å². The molecule has 2 aromatic carbocycles. The highest BCUT2D eigenvalue weighted by molar-refractivity contribution is 7.15. The lowest BCUT2D eigenvalue weighted by Gasteiger charge is -2.06. The Hall–Kier alpha value is -3.45. The van der Waals surface area contributed by atoms with Crippen molar-refractivity contribution in [3.63, 3.8) is 0 Å². The van der Waals surface area contributed by atoms with Crippen molar-refractivity contribution in [2.45, 2.75) is 32.6 Å². The molecule has 170 valence electrons. The summed E-state index contributed by atoms with van der Waals surface area (Å²) in [6.07, 6.45) is 8.20. The second-order valence-electron chi connectivity index (χ2n) is 7.62. The topological polar surface area (TPSA) is 65.7 Å². The van der Waals surface area contributed by atoms with Crippen LogP contribution in [0, 0.1) is 0 Å². The first-order valence-electron chi connectivity index (χ1n) is 11.2. The van der Waals surface area contributed by atoms with Crippen LogP contribution in [0.3, 0.4) is 0 Å². The molecule has 0 atom stereocenters.